The molecule has 2 aromatic rings. The first-order valence-corrected chi connectivity index (χ1v) is 9.01. The SMILES string of the molecule is O=C(CCCN1CCc2ccccc2C1)c1ccc2c(c1)OCCO2. The van der Waals surface area contributed by atoms with Crippen LogP contribution in [0.25, 0.3) is 0 Å². The number of nitrogens with zero attached hydrogens (tertiary/aromatic N) is 1. The predicted molar refractivity (Wildman–Crippen MR) is 96.4 cm³/mol. The van der Waals surface area contributed by atoms with E-state index < -0.39 is 0 Å². The van der Waals surface area contributed by atoms with E-state index >= 15 is 0 Å². The summed E-state index contributed by atoms with van der Waals surface area (Å²) in [4.78, 5) is 14.9. The lowest BCUT2D eigenvalue weighted by molar-refractivity contribution is 0.0972. The summed E-state index contributed by atoms with van der Waals surface area (Å²) in [6, 6.07) is 14.1. The molecule has 0 saturated carbocycles. The molecular formula is C21H23NO3. The number of Topliss-reactive ketones (excluding diaryl/α,β-unsaturated/α-hetero) is 1. The number of benzene rings is 2. The van der Waals surface area contributed by atoms with Gasteiger partial charge in [0.2, 0.25) is 0 Å². The Morgan fingerprint density at radius 1 is 1.00 bits per heavy atom. The second kappa shape index (κ2) is 7.28. The molecule has 4 nitrogen and oxygen atoms in total. The van der Waals surface area contributed by atoms with Crippen LogP contribution in [-0.4, -0.2) is 37.0 Å². The number of ketones is 1. The van der Waals surface area contributed by atoms with Gasteiger partial charge in [-0.05, 0) is 48.7 Å². The Balaban J connectivity index is 1.30. The van der Waals surface area contributed by atoms with Crippen molar-refractivity contribution in [1.29, 1.82) is 0 Å². The Hall–Kier alpha value is -2.33. The highest BCUT2D eigenvalue weighted by Gasteiger charge is 2.17. The fourth-order valence-corrected chi connectivity index (χ4v) is 3.57. The van der Waals surface area contributed by atoms with E-state index in [-0.39, 0.29) is 5.78 Å². The summed E-state index contributed by atoms with van der Waals surface area (Å²) in [5.41, 5.74) is 3.60. The fraction of sp³-hybridized carbons (Fsp3) is 0.381. The van der Waals surface area contributed by atoms with E-state index in [2.05, 4.69) is 29.2 Å². The first kappa shape index (κ1) is 16.2. The number of hydrogen-bond donors (Lipinski definition) is 0. The zero-order valence-electron chi connectivity index (χ0n) is 14.4. The van der Waals surface area contributed by atoms with Crippen LogP contribution in [0.2, 0.25) is 0 Å². The number of carbonyl (C=O) groups is 1. The lowest BCUT2D eigenvalue weighted by Crippen LogP contribution is -2.31. The van der Waals surface area contributed by atoms with Crippen molar-refractivity contribution in [1.82, 2.24) is 4.90 Å². The van der Waals surface area contributed by atoms with Crippen molar-refractivity contribution in [2.24, 2.45) is 0 Å². The topological polar surface area (TPSA) is 38.8 Å². The summed E-state index contributed by atoms with van der Waals surface area (Å²) in [6.45, 7) is 4.15. The summed E-state index contributed by atoms with van der Waals surface area (Å²) in [5.74, 6) is 1.59. The maximum Gasteiger partial charge on any atom is 0.163 e. The molecule has 2 aliphatic rings. The zero-order chi connectivity index (χ0) is 17.1. The molecule has 0 aromatic heterocycles. The molecule has 0 unspecified atom stereocenters. The minimum atomic E-state index is 0.175. The van der Waals surface area contributed by atoms with Gasteiger partial charge in [0.1, 0.15) is 13.2 Å². The van der Waals surface area contributed by atoms with Gasteiger partial charge >= 0.3 is 0 Å². The maximum absolute atomic E-state index is 12.5. The third kappa shape index (κ3) is 3.69. The Bertz CT molecular complexity index is 771. The van der Waals surface area contributed by atoms with E-state index in [1.165, 1.54) is 11.1 Å². The van der Waals surface area contributed by atoms with Crippen molar-refractivity contribution in [2.75, 3.05) is 26.3 Å². The van der Waals surface area contributed by atoms with Crippen molar-refractivity contribution >= 4 is 5.78 Å². The van der Waals surface area contributed by atoms with Crippen LogP contribution in [0, 0.1) is 0 Å². The van der Waals surface area contributed by atoms with Crippen LogP contribution in [0.3, 0.4) is 0 Å². The summed E-state index contributed by atoms with van der Waals surface area (Å²) in [5, 5.41) is 0. The van der Waals surface area contributed by atoms with E-state index in [4.69, 9.17) is 9.47 Å². The highest BCUT2D eigenvalue weighted by molar-refractivity contribution is 5.96. The van der Waals surface area contributed by atoms with Crippen molar-refractivity contribution < 1.29 is 14.3 Å². The van der Waals surface area contributed by atoms with Crippen LogP contribution in [0.1, 0.15) is 34.3 Å². The molecule has 4 heteroatoms. The zero-order valence-corrected chi connectivity index (χ0v) is 14.4. The molecule has 2 aliphatic heterocycles. The van der Waals surface area contributed by atoms with Gasteiger partial charge < -0.3 is 9.47 Å². The average Bonchev–Trinajstić information content (AvgIpc) is 2.67. The Morgan fingerprint density at radius 3 is 2.68 bits per heavy atom. The third-order valence-corrected chi connectivity index (χ3v) is 4.95. The number of fused-ring (bicyclic) bond motifs is 2. The van der Waals surface area contributed by atoms with Gasteiger partial charge in [-0.1, -0.05) is 24.3 Å². The minimum Gasteiger partial charge on any atom is -0.486 e. The van der Waals surface area contributed by atoms with Crippen molar-refractivity contribution in [3.8, 4) is 11.5 Å². The van der Waals surface area contributed by atoms with Gasteiger partial charge in [-0.3, -0.25) is 9.69 Å². The van der Waals surface area contributed by atoms with Gasteiger partial charge in [0.15, 0.2) is 17.3 Å². The minimum absolute atomic E-state index is 0.175. The van der Waals surface area contributed by atoms with Crippen LogP contribution in [0.5, 0.6) is 11.5 Å². The molecule has 0 bridgehead atoms. The number of carbonyl (C=O) groups excluding carboxylic acids is 1. The Kier molecular flexibility index (Phi) is 4.70. The predicted octanol–water partition coefficient (Wildman–Crippen LogP) is 3.48. The van der Waals surface area contributed by atoms with Crippen LogP contribution in [-0.2, 0) is 13.0 Å². The van der Waals surface area contributed by atoms with Crippen molar-refractivity contribution in [3.05, 3.63) is 59.2 Å². The van der Waals surface area contributed by atoms with Crippen LogP contribution in [0.4, 0.5) is 0 Å². The molecule has 0 spiro atoms. The van der Waals surface area contributed by atoms with Crippen LogP contribution >= 0.6 is 0 Å². The quantitative estimate of drug-likeness (QED) is 0.783. The lowest BCUT2D eigenvalue weighted by Gasteiger charge is -2.28. The second-order valence-corrected chi connectivity index (χ2v) is 6.68. The van der Waals surface area contributed by atoms with Gasteiger partial charge in [-0.15, -0.1) is 0 Å². The van der Waals surface area contributed by atoms with E-state index in [0.29, 0.717) is 30.9 Å². The van der Waals surface area contributed by atoms with E-state index in [0.717, 1.165) is 38.2 Å². The molecule has 130 valence electrons. The Morgan fingerprint density at radius 2 is 1.80 bits per heavy atom. The third-order valence-electron chi connectivity index (χ3n) is 4.95. The molecule has 0 atom stereocenters. The van der Waals surface area contributed by atoms with E-state index in [9.17, 15) is 4.79 Å². The van der Waals surface area contributed by atoms with E-state index in [1.54, 1.807) is 0 Å². The first-order valence-electron chi connectivity index (χ1n) is 9.01. The fourth-order valence-electron chi connectivity index (χ4n) is 3.57. The summed E-state index contributed by atoms with van der Waals surface area (Å²) in [6.07, 6.45) is 2.56. The summed E-state index contributed by atoms with van der Waals surface area (Å²) >= 11 is 0. The maximum atomic E-state index is 12.5. The first-order chi connectivity index (χ1) is 12.3. The number of ether oxygens (including phenoxy) is 2. The second-order valence-electron chi connectivity index (χ2n) is 6.68. The van der Waals surface area contributed by atoms with Gasteiger partial charge in [-0.25, -0.2) is 0 Å². The summed E-state index contributed by atoms with van der Waals surface area (Å²) < 4.78 is 11.1. The molecular weight excluding hydrogens is 314 g/mol. The van der Waals surface area contributed by atoms with E-state index in [1.807, 2.05) is 18.2 Å². The standard InChI is InChI=1S/C21H23NO3/c23-19(17-7-8-20-21(14-17)25-13-12-24-20)6-3-10-22-11-9-16-4-1-2-5-18(16)15-22/h1-2,4-5,7-8,14H,3,6,9-13,15H2. The van der Waals surface area contributed by atoms with Crippen LogP contribution < -0.4 is 9.47 Å². The number of hydrogen-bond acceptors (Lipinski definition) is 4. The average molecular weight is 337 g/mol. The molecule has 0 saturated heterocycles. The number of rotatable bonds is 5. The molecule has 2 heterocycles. The lowest BCUT2D eigenvalue weighted by atomic mass is 9.99. The molecule has 25 heavy (non-hydrogen) atoms. The molecule has 0 N–H and O–H groups in total. The highest BCUT2D eigenvalue weighted by Crippen LogP contribution is 2.31. The molecule has 0 fully saturated rings. The summed E-state index contributed by atoms with van der Waals surface area (Å²) in [7, 11) is 0. The molecule has 0 aliphatic carbocycles. The van der Waals surface area contributed by atoms with Crippen LogP contribution in [0.15, 0.2) is 42.5 Å². The molecule has 0 radical (unpaired) electrons. The Labute approximate surface area is 148 Å². The van der Waals surface area contributed by atoms with Gasteiger partial charge in [0.25, 0.3) is 0 Å². The van der Waals surface area contributed by atoms with Crippen molar-refractivity contribution in [3.63, 3.8) is 0 Å². The van der Waals surface area contributed by atoms with Gasteiger partial charge in [-0.2, -0.15) is 0 Å². The smallest absolute Gasteiger partial charge is 0.163 e. The van der Waals surface area contributed by atoms with Crippen molar-refractivity contribution in [2.45, 2.75) is 25.8 Å². The largest absolute Gasteiger partial charge is 0.486 e. The normalized spacial score (nSPS) is 16.3. The van der Waals surface area contributed by atoms with Gasteiger partial charge in [0, 0.05) is 25.1 Å². The molecule has 2 aromatic carbocycles. The monoisotopic (exact) mass is 337 g/mol. The van der Waals surface area contributed by atoms with Gasteiger partial charge in [0.05, 0.1) is 0 Å². The molecule has 4 rings (SSSR count). The molecule has 0 amide bonds. The highest BCUT2D eigenvalue weighted by atomic mass is 16.6.